The molecule has 1 N–H and O–H groups in total. The van der Waals surface area contributed by atoms with Crippen LogP contribution in [0.4, 0.5) is 0 Å². The fourth-order valence-corrected chi connectivity index (χ4v) is 3.91. The smallest absolute Gasteiger partial charge is 0.335 e. The second-order valence-electron chi connectivity index (χ2n) is 5.34. The van der Waals surface area contributed by atoms with Crippen molar-refractivity contribution in [1.82, 2.24) is 4.31 Å². The van der Waals surface area contributed by atoms with Crippen molar-refractivity contribution in [3.63, 3.8) is 0 Å². The molecule has 0 amide bonds. The van der Waals surface area contributed by atoms with Gasteiger partial charge in [-0.2, -0.15) is 0 Å². The monoisotopic (exact) mass is 297 g/mol. The van der Waals surface area contributed by atoms with E-state index < -0.39 is 16.0 Å². The zero-order valence-corrected chi connectivity index (χ0v) is 12.3. The summed E-state index contributed by atoms with van der Waals surface area (Å²) in [7, 11) is -3.36. The number of carbonyl (C=O) groups is 1. The van der Waals surface area contributed by atoms with Crippen LogP contribution in [0.25, 0.3) is 0 Å². The summed E-state index contributed by atoms with van der Waals surface area (Å²) in [5.74, 6) is -0.615. The van der Waals surface area contributed by atoms with Crippen molar-refractivity contribution in [2.75, 3.05) is 13.1 Å². The molecule has 0 unspecified atom stereocenters. The quantitative estimate of drug-likeness (QED) is 0.921. The van der Waals surface area contributed by atoms with E-state index in [9.17, 15) is 13.2 Å². The van der Waals surface area contributed by atoms with Gasteiger partial charge in [0.2, 0.25) is 10.0 Å². The minimum atomic E-state index is -3.36. The first kappa shape index (κ1) is 15.0. The molecule has 0 spiro atoms. The highest BCUT2D eigenvalue weighted by molar-refractivity contribution is 7.88. The molecule has 110 valence electrons. The van der Waals surface area contributed by atoms with Crippen LogP contribution in [0.15, 0.2) is 24.3 Å². The second kappa shape index (κ2) is 5.93. The van der Waals surface area contributed by atoms with Gasteiger partial charge in [0, 0.05) is 13.1 Å². The van der Waals surface area contributed by atoms with Gasteiger partial charge in [-0.1, -0.05) is 19.1 Å². The number of rotatable bonds is 4. The molecule has 5 nitrogen and oxygen atoms in total. The van der Waals surface area contributed by atoms with E-state index in [1.54, 1.807) is 12.1 Å². The van der Waals surface area contributed by atoms with Gasteiger partial charge in [0.1, 0.15) is 0 Å². The number of piperidine rings is 1. The maximum Gasteiger partial charge on any atom is 0.335 e. The lowest BCUT2D eigenvalue weighted by Gasteiger charge is -2.29. The summed E-state index contributed by atoms with van der Waals surface area (Å²) >= 11 is 0. The van der Waals surface area contributed by atoms with Crippen molar-refractivity contribution >= 4 is 16.0 Å². The summed E-state index contributed by atoms with van der Waals surface area (Å²) in [5, 5.41) is 8.93. The first-order valence-corrected chi connectivity index (χ1v) is 8.29. The third kappa shape index (κ3) is 3.58. The Kier molecular flexibility index (Phi) is 4.45. The van der Waals surface area contributed by atoms with Crippen molar-refractivity contribution in [2.45, 2.75) is 25.5 Å². The van der Waals surface area contributed by atoms with Gasteiger partial charge in [0.05, 0.1) is 11.3 Å². The lowest BCUT2D eigenvalue weighted by atomic mass is 10.0. The molecule has 0 saturated carbocycles. The van der Waals surface area contributed by atoms with Crippen molar-refractivity contribution in [1.29, 1.82) is 0 Å². The maximum atomic E-state index is 12.3. The van der Waals surface area contributed by atoms with Gasteiger partial charge < -0.3 is 5.11 Å². The van der Waals surface area contributed by atoms with E-state index in [2.05, 4.69) is 6.92 Å². The number of sulfonamides is 1. The average molecular weight is 297 g/mol. The molecular weight excluding hydrogens is 278 g/mol. The van der Waals surface area contributed by atoms with Gasteiger partial charge in [-0.15, -0.1) is 0 Å². The van der Waals surface area contributed by atoms with Gasteiger partial charge >= 0.3 is 5.97 Å². The molecule has 1 aromatic carbocycles. The first-order valence-electron chi connectivity index (χ1n) is 6.68. The van der Waals surface area contributed by atoms with Crippen LogP contribution in [0.1, 0.15) is 35.7 Å². The SMILES string of the molecule is CC1CCN(S(=O)(=O)Cc2cccc(C(=O)O)c2)CC1. The molecule has 1 saturated heterocycles. The number of hydrogen-bond donors (Lipinski definition) is 1. The lowest BCUT2D eigenvalue weighted by molar-refractivity contribution is 0.0696. The van der Waals surface area contributed by atoms with E-state index in [1.165, 1.54) is 16.4 Å². The Hall–Kier alpha value is -1.40. The number of aromatic carboxylic acids is 1. The van der Waals surface area contributed by atoms with Crippen molar-refractivity contribution < 1.29 is 18.3 Å². The van der Waals surface area contributed by atoms with Gasteiger partial charge in [-0.25, -0.2) is 17.5 Å². The van der Waals surface area contributed by atoms with Gasteiger partial charge in [0.15, 0.2) is 0 Å². The standard InChI is InChI=1S/C14H19NO4S/c1-11-5-7-15(8-6-11)20(18,19)10-12-3-2-4-13(9-12)14(16)17/h2-4,9,11H,5-8,10H2,1H3,(H,16,17). The Balaban J connectivity index is 2.12. The van der Waals surface area contributed by atoms with E-state index in [-0.39, 0.29) is 11.3 Å². The Morgan fingerprint density at radius 2 is 2.00 bits per heavy atom. The normalized spacial score (nSPS) is 18.1. The molecule has 0 atom stereocenters. The molecule has 1 heterocycles. The number of carboxylic acids is 1. The summed E-state index contributed by atoms with van der Waals surface area (Å²) in [6.45, 7) is 3.24. The largest absolute Gasteiger partial charge is 0.478 e. The van der Waals surface area contributed by atoms with E-state index in [0.29, 0.717) is 24.6 Å². The van der Waals surface area contributed by atoms with Crippen molar-refractivity contribution in [3.8, 4) is 0 Å². The molecule has 1 aromatic rings. The lowest BCUT2D eigenvalue weighted by Crippen LogP contribution is -2.38. The number of hydrogen-bond acceptors (Lipinski definition) is 3. The van der Waals surface area contributed by atoms with Crippen LogP contribution < -0.4 is 0 Å². The molecule has 0 radical (unpaired) electrons. The third-order valence-electron chi connectivity index (χ3n) is 3.66. The predicted molar refractivity (Wildman–Crippen MR) is 76.0 cm³/mol. The number of nitrogens with zero attached hydrogens (tertiary/aromatic N) is 1. The molecule has 1 aliphatic rings. The fourth-order valence-electron chi connectivity index (χ4n) is 2.36. The minimum Gasteiger partial charge on any atom is -0.478 e. The maximum absolute atomic E-state index is 12.3. The highest BCUT2D eigenvalue weighted by atomic mass is 32.2. The highest BCUT2D eigenvalue weighted by Crippen LogP contribution is 2.21. The van der Waals surface area contributed by atoms with E-state index in [0.717, 1.165) is 12.8 Å². The van der Waals surface area contributed by atoms with E-state index >= 15 is 0 Å². The Labute approximate surface area is 119 Å². The summed E-state index contributed by atoms with van der Waals surface area (Å²) < 4.78 is 26.2. The van der Waals surface area contributed by atoms with Crippen molar-refractivity contribution in [3.05, 3.63) is 35.4 Å². The van der Waals surface area contributed by atoms with Gasteiger partial charge in [-0.05, 0) is 36.5 Å². The molecule has 6 heteroatoms. The Morgan fingerprint density at radius 3 is 2.60 bits per heavy atom. The van der Waals surface area contributed by atoms with Crippen LogP contribution in [0.2, 0.25) is 0 Å². The molecule has 0 aliphatic carbocycles. The van der Waals surface area contributed by atoms with Crippen LogP contribution in [0.3, 0.4) is 0 Å². The Bertz CT molecular complexity index is 589. The number of benzene rings is 1. The summed E-state index contributed by atoms with van der Waals surface area (Å²) in [6.07, 6.45) is 1.77. The molecule has 0 aromatic heterocycles. The molecular formula is C14H19NO4S. The molecule has 1 fully saturated rings. The van der Waals surface area contributed by atoms with Crippen LogP contribution in [-0.4, -0.2) is 36.9 Å². The van der Waals surface area contributed by atoms with Crippen LogP contribution in [0.5, 0.6) is 0 Å². The topological polar surface area (TPSA) is 74.7 Å². The molecule has 20 heavy (non-hydrogen) atoms. The predicted octanol–water partition coefficient (Wildman–Crippen LogP) is 1.95. The highest BCUT2D eigenvalue weighted by Gasteiger charge is 2.26. The Morgan fingerprint density at radius 1 is 1.35 bits per heavy atom. The average Bonchev–Trinajstić information content (AvgIpc) is 2.39. The van der Waals surface area contributed by atoms with Crippen LogP contribution >= 0.6 is 0 Å². The van der Waals surface area contributed by atoms with E-state index in [1.807, 2.05) is 0 Å². The zero-order chi connectivity index (χ0) is 14.8. The van der Waals surface area contributed by atoms with Crippen LogP contribution in [-0.2, 0) is 15.8 Å². The van der Waals surface area contributed by atoms with E-state index in [4.69, 9.17) is 5.11 Å². The van der Waals surface area contributed by atoms with Gasteiger partial charge in [0.25, 0.3) is 0 Å². The summed E-state index contributed by atoms with van der Waals surface area (Å²) in [4.78, 5) is 10.9. The molecule has 0 bridgehead atoms. The summed E-state index contributed by atoms with van der Waals surface area (Å²) in [6, 6.07) is 6.11. The van der Waals surface area contributed by atoms with Crippen LogP contribution in [0, 0.1) is 5.92 Å². The summed E-state index contributed by atoms with van der Waals surface area (Å²) in [5.41, 5.74) is 0.633. The second-order valence-corrected chi connectivity index (χ2v) is 7.31. The van der Waals surface area contributed by atoms with Gasteiger partial charge in [-0.3, -0.25) is 0 Å². The first-order chi connectivity index (χ1) is 9.38. The zero-order valence-electron chi connectivity index (χ0n) is 11.4. The fraction of sp³-hybridized carbons (Fsp3) is 0.500. The number of carboxylic acid groups (broad SMARTS) is 1. The third-order valence-corrected chi connectivity index (χ3v) is 5.51. The minimum absolute atomic E-state index is 0.116. The molecule has 2 rings (SSSR count). The van der Waals surface area contributed by atoms with Crippen molar-refractivity contribution in [2.24, 2.45) is 5.92 Å². The molecule has 1 aliphatic heterocycles.